The standard InChI is InChI=1S/C43H50F2N8O4/c1-5-30-33(44)11-10-25-17-28(54)21-31(36(25)30)38-37(45)39-32(22-46-38)40(51-14-8-16-53-27(23-51)20-34(49-53)41(55)50(2)3)48-42(47-39)57-24-43-12-6-9-35(43)52(15-7-13-43)26-18-29(19-26)56-4/h10-11,17,20-22,26,29,35,54H,5-9,12-16,18-19,23-24H2,1-4H3/t26?,29?,35-,43-/m1/s1. The fraction of sp³-hybridized carbons (Fsp3) is 0.512. The van der Waals surface area contributed by atoms with Gasteiger partial charge in [-0.15, -0.1) is 0 Å². The van der Waals surface area contributed by atoms with Crippen LogP contribution >= 0.6 is 0 Å². The molecular weight excluding hydrogens is 731 g/mol. The number of ether oxygens (including phenoxy) is 2. The average Bonchev–Trinajstić information content (AvgIpc) is 3.75. The molecule has 0 radical (unpaired) electrons. The number of rotatable bonds is 9. The van der Waals surface area contributed by atoms with Crippen LogP contribution < -0.4 is 9.64 Å². The predicted octanol–water partition coefficient (Wildman–Crippen LogP) is 6.89. The quantitative estimate of drug-likeness (QED) is 0.169. The second kappa shape index (κ2) is 14.8. The van der Waals surface area contributed by atoms with E-state index in [1.54, 1.807) is 45.6 Å². The molecule has 0 unspecified atom stereocenters. The zero-order valence-corrected chi connectivity index (χ0v) is 33.1. The topological polar surface area (TPSA) is 122 Å². The summed E-state index contributed by atoms with van der Waals surface area (Å²) in [4.78, 5) is 33.6. The Morgan fingerprint density at radius 3 is 2.67 bits per heavy atom. The second-order valence-corrected chi connectivity index (χ2v) is 16.6. The molecule has 300 valence electrons. The average molecular weight is 781 g/mol. The number of likely N-dealkylation sites (tertiary alicyclic amines) is 1. The summed E-state index contributed by atoms with van der Waals surface area (Å²) < 4.78 is 46.7. The van der Waals surface area contributed by atoms with E-state index in [4.69, 9.17) is 19.4 Å². The molecule has 12 nitrogen and oxygen atoms in total. The van der Waals surface area contributed by atoms with Crippen molar-refractivity contribution in [1.82, 2.24) is 34.5 Å². The summed E-state index contributed by atoms with van der Waals surface area (Å²) in [5.74, 6) is -0.918. The Bertz CT molecular complexity index is 2360. The summed E-state index contributed by atoms with van der Waals surface area (Å²) in [6, 6.07) is 8.73. The van der Waals surface area contributed by atoms with Crippen LogP contribution in [-0.4, -0.2) is 105 Å². The number of hydrogen-bond donors (Lipinski definition) is 1. The molecule has 3 fully saturated rings. The van der Waals surface area contributed by atoms with Gasteiger partial charge in [-0.05, 0) is 98.5 Å². The molecule has 1 N–H and O–H groups in total. The number of phenolic OH excluding ortho intramolecular Hbond substituents is 1. The van der Waals surface area contributed by atoms with Crippen LogP contribution in [0.4, 0.5) is 14.6 Å². The maximum absolute atomic E-state index is 17.3. The number of halogens is 2. The van der Waals surface area contributed by atoms with E-state index in [1.165, 1.54) is 17.0 Å². The Labute approximate surface area is 330 Å². The van der Waals surface area contributed by atoms with Gasteiger partial charge in [0.2, 0.25) is 0 Å². The molecule has 1 amide bonds. The predicted molar refractivity (Wildman–Crippen MR) is 212 cm³/mol. The number of nitrogens with zero attached hydrogens (tertiary/aromatic N) is 8. The van der Waals surface area contributed by atoms with E-state index in [0.29, 0.717) is 90.5 Å². The molecule has 4 aliphatic rings. The molecule has 57 heavy (non-hydrogen) atoms. The van der Waals surface area contributed by atoms with Gasteiger partial charge >= 0.3 is 6.01 Å². The first-order chi connectivity index (χ1) is 27.6. The lowest BCUT2D eigenvalue weighted by molar-refractivity contribution is -0.0845. The summed E-state index contributed by atoms with van der Waals surface area (Å²) >= 11 is 0. The molecule has 9 rings (SSSR count). The van der Waals surface area contributed by atoms with Crippen molar-refractivity contribution in [2.45, 2.75) is 96.0 Å². The van der Waals surface area contributed by atoms with Gasteiger partial charge in [0, 0.05) is 63.6 Å². The number of carbonyl (C=O) groups excluding carboxylic acids is 1. The van der Waals surface area contributed by atoms with Crippen molar-refractivity contribution in [3.05, 3.63) is 65.1 Å². The zero-order chi connectivity index (χ0) is 39.6. The first kappa shape index (κ1) is 37.6. The fourth-order valence-corrected chi connectivity index (χ4v) is 10.1. The minimum atomic E-state index is -0.712. The number of amides is 1. The smallest absolute Gasteiger partial charge is 0.319 e. The number of hydrogen-bond acceptors (Lipinski definition) is 10. The third kappa shape index (κ3) is 6.54. The maximum atomic E-state index is 17.3. The van der Waals surface area contributed by atoms with Crippen LogP contribution in [0.5, 0.6) is 11.8 Å². The summed E-state index contributed by atoms with van der Waals surface area (Å²) in [7, 11) is 5.19. The maximum Gasteiger partial charge on any atom is 0.319 e. The molecule has 2 atom stereocenters. The molecule has 2 saturated carbocycles. The number of carbonyl (C=O) groups is 1. The summed E-state index contributed by atoms with van der Waals surface area (Å²) in [5.41, 5.74) is 1.79. The molecule has 0 bridgehead atoms. The number of benzene rings is 2. The van der Waals surface area contributed by atoms with E-state index >= 15 is 8.78 Å². The number of aromatic nitrogens is 5. The first-order valence-electron chi connectivity index (χ1n) is 20.3. The largest absolute Gasteiger partial charge is 0.508 e. The number of fused-ring (bicyclic) bond motifs is 4. The number of aryl methyl sites for hydroxylation is 2. The van der Waals surface area contributed by atoms with Gasteiger partial charge in [-0.1, -0.05) is 19.4 Å². The second-order valence-electron chi connectivity index (χ2n) is 16.6. The van der Waals surface area contributed by atoms with Gasteiger partial charge in [0.05, 0.1) is 30.3 Å². The Balaban J connectivity index is 1.13. The van der Waals surface area contributed by atoms with Crippen LogP contribution in [0.25, 0.3) is 32.9 Å². The molecule has 1 saturated heterocycles. The highest BCUT2D eigenvalue weighted by Gasteiger charge is 2.51. The first-order valence-corrected chi connectivity index (χ1v) is 20.3. The van der Waals surface area contributed by atoms with Crippen molar-refractivity contribution in [2.75, 3.05) is 45.8 Å². The highest BCUT2D eigenvalue weighted by atomic mass is 19.1. The molecule has 5 heterocycles. The van der Waals surface area contributed by atoms with Crippen LogP contribution in [0.3, 0.4) is 0 Å². The lowest BCUT2D eigenvalue weighted by Gasteiger charge is -2.53. The molecular formula is C43H50F2N8O4. The molecule has 0 spiro atoms. The van der Waals surface area contributed by atoms with Crippen molar-refractivity contribution in [3.63, 3.8) is 0 Å². The van der Waals surface area contributed by atoms with Crippen molar-refractivity contribution in [3.8, 4) is 23.0 Å². The van der Waals surface area contributed by atoms with Gasteiger partial charge in [0.25, 0.3) is 5.91 Å². The van der Waals surface area contributed by atoms with Crippen molar-refractivity contribution in [2.24, 2.45) is 5.41 Å². The monoisotopic (exact) mass is 780 g/mol. The van der Waals surface area contributed by atoms with Crippen LogP contribution in [0.2, 0.25) is 0 Å². The van der Waals surface area contributed by atoms with E-state index in [2.05, 4.69) is 19.9 Å². The van der Waals surface area contributed by atoms with Gasteiger partial charge in [-0.25, -0.2) is 8.78 Å². The number of phenols is 1. The normalized spacial score (nSPS) is 23.6. The number of pyridine rings is 1. The lowest BCUT2D eigenvalue weighted by Crippen LogP contribution is -2.59. The third-order valence-electron chi connectivity index (χ3n) is 13.1. The lowest BCUT2D eigenvalue weighted by atomic mass is 9.73. The Morgan fingerprint density at radius 1 is 1.05 bits per heavy atom. The number of piperidine rings is 1. The highest BCUT2D eigenvalue weighted by molar-refractivity contribution is 6.01. The van der Waals surface area contributed by atoms with Crippen molar-refractivity contribution >= 4 is 33.4 Å². The Hall–Kier alpha value is -4.95. The van der Waals surface area contributed by atoms with Crippen molar-refractivity contribution < 1.29 is 28.2 Å². The van der Waals surface area contributed by atoms with Gasteiger partial charge in [-0.2, -0.15) is 15.1 Å². The van der Waals surface area contributed by atoms with Crippen LogP contribution in [0.15, 0.2) is 36.5 Å². The number of methoxy groups -OCH3 is 1. The van der Waals surface area contributed by atoms with Gasteiger partial charge in [0.15, 0.2) is 11.5 Å². The summed E-state index contributed by atoms with van der Waals surface area (Å²) in [6.45, 7) is 4.88. The third-order valence-corrected chi connectivity index (χ3v) is 13.1. The summed E-state index contributed by atoms with van der Waals surface area (Å²) in [6.07, 6.45) is 10.5. The van der Waals surface area contributed by atoms with Crippen LogP contribution in [0.1, 0.15) is 80.0 Å². The molecule has 2 aromatic carbocycles. The molecule has 14 heteroatoms. The van der Waals surface area contributed by atoms with Gasteiger partial charge < -0.3 is 24.4 Å². The van der Waals surface area contributed by atoms with Crippen LogP contribution in [0, 0.1) is 17.0 Å². The summed E-state index contributed by atoms with van der Waals surface area (Å²) in [5, 5.41) is 16.8. The highest BCUT2D eigenvalue weighted by Crippen LogP contribution is 2.50. The number of aromatic hydroxyl groups is 1. The zero-order valence-electron chi connectivity index (χ0n) is 33.1. The molecule has 2 aliphatic carbocycles. The molecule has 3 aromatic heterocycles. The molecule has 5 aromatic rings. The van der Waals surface area contributed by atoms with E-state index in [9.17, 15) is 9.90 Å². The van der Waals surface area contributed by atoms with E-state index in [-0.39, 0.29) is 39.9 Å². The molecule has 2 aliphatic heterocycles. The minimum absolute atomic E-state index is 0.0259. The van der Waals surface area contributed by atoms with Crippen LogP contribution in [-0.2, 0) is 24.2 Å². The Morgan fingerprint density at radius 2 is 1.88 bits per heavy atom. The van der Waals surface area contributed by atoms with Crippen molar-refractivity contribution in [1.29, 1.82) is 0 Å². The van der Waals surface area contributed by atoms with Gasteiger partial charge in [-0.3, -0.25) is 19.4 Å². The fourth-order valence-electron chi connectivity index (χ4n) is 10.1. The number of anilines is 1. The van der Waals surface area contributed by atoms with E-state index in [0.717, 1.165) is 57.2 Å². The minimum Gasteiger partial charge on any atom is -0.508 e. The SMILES string of the molecule is CCc1c(F)ccc2cc(O)cc(-c3ncc4c(N5CCCn6nc(C(=O)N(C)C)cc6C5)nc(OC[C@]56CCC[C@H]5N(C5CC(OC)C5)CCC6)nc4c3F)c12. The van der Waals surface area contributed by atoms with E-state index in [1.807, 2.05) is 11.6 Å². The van der Waals surface area contributed by atoms with E-state index < -0.39 is 11.6 Å². The van der Waals surface area contributed by atoms with Gasteiger partial charge in [0.1, 0.15) is 28.6 Å². The Kier molecular flexibility index (Phi) is 9.75.